The number of nitrogens with one attached hydrogen (secondary N) is 1. The topological polar surface area (TPSA) is 87.0 Å². The zero-order valence-electron chi connectivity index (χ0n) is 18.8. The summed E-state index contributed by atoms with van der Waals surface area (Å²) >= 11 is 5.96. The highest BCUT2D eigenvalue weighted by Crippen LogP contribution is 2.29. The molecular formula is C26H22ClNO6. The Kier molecular flexibility index (Phi) is 6.75. The molecule has 0 radical (unpaired) electrons. The molecule has 1 amide bonds. The number of benzene rings is 3. The maximum Gasteiger partial charge on any atom is 0.262 e. The molecule has 1 heterocycles. The first-order chi connectivity index (χ1) is 16.4. The third-order valence-electron chi connectivity index (χ3n) is 5.23. The monoisotopic (exact) mass is 479 g/mol. The lowest BCUT2D eigenvalue weighted by Crippen LogP contribution is -2.20. The third-order valence-corrected chi connectivity index (χ3v) is 5.48. The van der Waals surface area contributed by atoms with Gasteiger partial charge in [-0.25, -0.2) is 0 Å². The van der Waals surface area contributed by atoms with Gasteiger partial charge in [-0.2, -0.15) is 0 Å². The Morgan fingerprint density at radius 2 is 1.71 bits per heavy atom. The number of rotatable bonds is 7. The van der Waals surface area contributed by atoms with E-state index in [-0.39, 0.29) is 17.9 Å². The fourth-order valence-corrected chi connectivity index (χ4v) is 3.69. The van der Waals surface area contributed by atoms with Crippen LogP contribution in [0.3, 0.4) is 0 Å². The number of amides is 1. The fourth-order valence-electron chi connectivity index (χ4n) is 3.56. The maximum atomic E-state index is 13.1. The lowest BCUT2D eigenvalue weighted by Gasteiger charge is -2.12. The Labute approximate surface area is 200 Å². The molecule has 0 fully saturated rings. The van der Waals surface area contributed by atoms with Gasteiger partial charge in [0.25, 0.3) is 5.91 Å². The largest absolute Gasteiger partial charge is 0.497 e. The summed E-state index contributed by atoms with van der Waals surface area (Å²) < 4.78 is 22.0. The molecule has 0 aliphatic carbocycles. The summed E-state index contributed by atoms with van der Waals surface area (Å²) in [6, 6.07) is 16.9. The van der Waals surface area contributed by atoms with Crippen LogP contribution < -0.4 is 25.0 Å². The number of anilines is 1. The van der Waals surface area contributed by atoms with E-state index < -0.39 is 0 Å². The highest BCUT2D eigenvalue weighted by molar-refractivity contribution is 6.30. The molecule has 0 unspecified atom stereocenters. The molecule has 34 heavy (non-hydrogen) atoms. The van der Waals surface area contributed by atoms with Crippen LogP contribution in [0.4, 0.5) is 5.69 Å². The van der Waals surface area contributed by atoms with Gasteiger partial charge in [0.05, 0.1) is 30.9 Å². The second-order valence-electron chi connectivity index (χ2n) is 7.43. The molecule has 174 valence electrons. The van der Waals surface area contributed by atoms with E-state index in [4.69, 9.17) is 30.2 Å². The lowest BCUT2D eigenvalue weighted by molar-refractivity contribution is -0.118. The standard InChI is InChI=1S/C26H22ClNO6/c1-15-25(16-4-6-17(27)7-5-16)26(30)20-10-8-19(13-22(20)34-15)33-14-24(29)28-21-11-9-18(31-2)12-23(21)32-3/h4-13H,14H2,1-3H3,(H,28,29). The van der Waals surface area contributed by atoms with Crippen molar-refractivity contribution in [3.8, 4) is 28.4 Å². The van der Waals surface area contributed by atoms with Crippen LogP contribution in [0.5, 0.6) is 17.2 Å². The first-order valence-electron chi connectivity index (χ1n) is 10.4. The molecular weight excluding hydrogens is 458 g/mol. The predicted molar refractivity (Wildman–Crippen MR) is 131 cm³/mol. The molecule has 3 aromatic carbocycles. The summed E-state index contributed by atoms with van der Waals surface area (Å²) in [5.41, 5.74) is 1.91. The van der Waals surface area contributed by atoms with Crippen LogP contribution in [0.1, 0.15) is 5.76 Å². The molecule has 1 aromatic heterocycles. The number of hydrogen-bond acceptors (Lipinski definition) is 6. The average molecular weight is 480 g/mol. The predicted octanol–water partition coefficient (Wildman–Crippen LogP) is 5.46. The van der Waals surface area contributed by atoms with Crippen LogP contribution in [0.2, 0.25) is 5.02 Å². The van der Waals surface area contributed by atoms with Gasteiger partial charge in [-0.3, -0.25) is 9.59 Å². The van der Waals surface area contributed by atoms with Crippen molar-refractivity contribution in [3.05, 3.63) is 81.7 Å². The van der Waals surface area contributed by atoms with Crippen LogP contribution in [0.15, 0.2) is 69.9 Å². The molecule has 0 bridgehead atoms. The molecule has 4 rings (SSSR count). The van der Waals surface area contributed by atoms with E-state index in [0.29, 0.717) is 50.3 Å². The Hall–Kier alpha value is -3.97. The first kappa shape index (κ1) is 23.2. The summed E-state index contributed by atoms with van der Waals surface area (Å²) in [6.45, 7) is 1.49. The minimum absolute atomic E-state index is 0.156. The number of methoxy groups -OCH3 is 2. The van der Waals surface area contributed by atoms with Crippen molar-refractivity contribution in [2.24, 2.45) is 0 Å². The number of ether oxygens (including phenoxy) is 3. The van der Waals surface area contributed by atoms with Crippen molar-refractivity contribution < 1.29 is 23.4 Å². The molecule has 8 heteroatoms. The number of carbonyl (C=O) groups is 1. The second kappa shape index (κ2) is 9.89. The van der Waals surface area contributed by atoms with Crippen LogP contribution in [0, 0.1) is 6.92 Å². The quantitative estimate of drug-likeness (QED) is 0.379. The van der Waals surface area contributed by atoms with Crippen molar-refractivity contribution in [2.45, 2.75) is 6.92 Å². The van der Waals surface area contributed by atoms with E-state index in [9.17, 15) is 9.59 Å². The van der Waals surface area contributed by atoms with Crippen LogP contribution in [-0.2, 0) is 4.79 Å². The Morgan fingerprint density at radius 1 is 0.971 bits per heavy atom. The molecule has 0 atom stereocenters. The fraction of sp³-hybridized carbons (Fsp3) is 0.154. The number of aryl methyl sites for hydroxylation is 1. The van der Waals surface area contributed by atoms with Gasteiger partial charge in [-0.15, -0.1) is 0 Å². The van der Waals surface area contributed by atoms with Crippen molar-refractivity contribution in [1.29, 1.82) is 0 Å². The number of carbonyl (C=O) groups excluding carboxylic acids is 1. The van der Waals surface area contributed by atoms with E-state index in [2.05, 4.69) is 5.32 Å². The Bertz CT molecular complexity index is 1410. The minimum atomic E-state index is -0.376. The first-order valence-corrected chi connectivity index (χ1v) is 10.8. The molecule has 0 aliphatic heterocycles. The highest BCUT2D eigenvalue weighted by Gasteiger charge is 2.15. The number of fused-ring (bicyclic) bond motifs is 1. The molecule has 4 aromatic rings. The van der Waals surface area contributed by atoms with E-state index in [1.807, 2.05) is 0 Å². The van der Waals surface area contributed by atoms with Gasteiger partial charge >= 0.3 is 0 Å². The molecule has 1 N–H and O–H groups in total. The molecule has 0 aliphatic rings. The smallest absolute Gasteiger partial charge is 0.262 e. The maximum absolute atomic E-state index is 13.1. The second-order valence-corrected chi connectivity index (χ2v) is 7.87. The van der Waals surface area contributed by atoms with Gasteiger partial charge in [-0.05, 0) is 48.9 Å². The zero-order valence-corrected chi connectivity index (χ0v) is 19.6. The molecule has 7 nitrogen and oxygen atoms in total. The van der Waals surface area contributed by atoms with Gasteiger partial charge in [0.15, 0.2) is 6.61 Å². The average Bonchev–Trinajstić information content (AvgIpc) is 2.84. The van der Waals surface area contributed by atoms with E-state index in [1.165, 1.54) is 7.11 Å². The Morgan fingerprint density at radius 3 is 2.41 bits per heavy atom. The van der Waals surface area contributed by atoms with Gasteiger partial charge in [-0.1, -0.05) is 23.7 Å². The van der Waals surface area contributed by atoms with Crippen molar-refractivity contribution in [1.82, 2.24) is 0 Å². The van der Waals surface area contributed by atoms with Gasteiger partial charge in [0.2, 0.25) is 5.43 Å². The zero-order chi connectivity index (χ0) is 24.2. The summed E-state index contributed by atoms with van der Waals surface area (Å²) in [6.07, 6.45) is 0. The Balaban J connectivity index is 1.51. The van der Waals surface area contributed by atoms with Crippen LogP contribution >= 0.6 is 11.6 Å². The third kappa shape index (κ3) is 4.84. The summed E-state index contributed by atoms with van der Waals surface area (Å²) in [7, 11) is 3.05. The van der Waals surface area contributed by atoms with Gasteiger partial charge in [0.1, 0.15) is 28.6 Å². The van der Waals surface area contributed by atoms with Crippen LogP contribution in [-0.4, -0.2) is 26.7 Å². The van der Waals surface area contributed by atoms with Gasteiger partial charge in [0, 0.05) is 17.2 Å². The van der Waals surface area contributed by atoms with Crippen molar-refractivity contribution in [3.63, 3.8) is 0 Å². The molecule has 0 saturated carbocycles. The highest BCUT2D eigenvalue weighted by atomic mass is 35.5. The van der Waals surface area contributed by atoms with Crippen molar-refractivity contribution in [2.75, 3.05) is 26.1 Å². The van der Waals surface area contributed by atoms with E-state index in [1.54, 1.807) is 74.7 Å². The molecule has 0 saturated heterocycles. The van der Waals surface area contributed by atoms with E-state index in [0.717, 1.165) is 5.56 Å². The van der Waals surface area contributed by atoms with Crippen molar-refractivity contribution >= 4 is 34.2 Å². The SMILES string of the molecule is COc1ccc(NC(=O)COc2ccc3c(=O)c(-c4ccc(Cl)cc4)c(C)oc3c2)c(OC)c1. The normalized spacial score (nSPS) is 10.7. The molecule has 0 spiro atoms. The summed E-state index contributed by atoms with van der Waals surface area (Å²) in [5, 5.41) is 3.74. The summed E-state index contributed by atoms with van der Waals surface area (Å²) in [5.74, 6) is 1.57. The minimum Gasteiger partial charge on any atom is -0.497 e. The van der Waals surface area contributed by atoms with E-state index >= 15 is 0 Å². The summed E-state index contributed by atoms with van der Waals surface area (Å²) in [4.78, 5) is 25.5. The van der Waals surface area contributed by atoms with Crippen LogP contribution in [0.25, 0.3) is 22.1 Å². The number of halogens is 1. The number of hydrogen-bond donors (Lipinski definition) is 1. The van der Waals surface area contributed by atoms with Gasteiger partial charge < -0.3 is 23.9 Å². The lowest BCUT2D eigenvalue weighted by atomic mass is 10.0.